The highest BCUT2D eigenvalue weighted by atomic mass is 35.5. The molecule has 1 aromatic carbocycles. The minimum Gasteiger partial charge on any atom is -0.478 e. The SMILES string of the molecule is O=C(O)c1cc(Cl)cc(NC(=O)c2ccnnc2)c1. The monoisotopic (exact) mass is 277 g/mol. The van der Waals surface area contributed by atoms with Crippen LogP contribution in [-0.4, -0.2) is 27.2 Å². The fourth-order valence-electron chi connectivity index (χ4n) is 1.41. The number of carbonyl (C=O) groups excluding carboxylic acids is 1. The highest BCUT2D eigenvalue weighted by Gasteiger charge is 2.10. The minimum absolute atomic E-state index is 0.00402. The first-order chi connectivity index (χ1) is 9.06. The predicted molar refractivity (Wildman–Crippen MR) is 68.4 cm³/mol. The van der Waals surface area contributed by atoms with E-state index < -0.39 is 11.9 Å². The van der Waals surface area contributed by atoms with Crippen LogP contribution >= 0.6 is 11.6 Å². The molecule has 7 heteroatoms. The molecule has 0 fully saturated rings. The van der Waals surface area contributed by atoms with Gasteiger partial charge in [0.1, 0.15) is 0 Å². The zero-order chi connectivity index (χ0) is 13.8. The van der Waals surface area contributed by atoms with Gasteiger partial charge in [-0.3, -0.25) is 4.79 Å². The number of aromatic nitrogens is 2. The second-order valence-electron chi connectivity index (χ2n) is 3.62. The lowest BCUT2D eigenvalue weighted by molar-refractivity contribution is 0.0696. The highest BCUT2D eigenvalue weighted by molar-refractivity contribution is 6.31. The van der Waals surface area contributed by atoms with E-state index in [0.717, 1.165) is 0 Å². The Hall–Kier alpha value is -2.47. The molecule has 0 unspecified atom stereocenters. The number of nitrogens with zero attached hydrogens (tertiary/aromatic N) is 2. The fourth-order valence-corrected chi connectivity index (χ4v) is 1.65. The first kappa shape index (κ1) is 13.0. The van der Waals surface area contributed by atoms with Crippen molar-refractivity contribution in [3.05, 3.63) is 52.8 Å². The Balaban J connectivity index is 2.24. The lowest BCUT2D eigenvalue weighted by Crippen LogP contribution is -2.13. The molecule has 1 heterocycles. The molecule has 0 aliphatic carbocycles. The molecule has 0 spiro atoms. The van der Waals surface area contributed by atoms with Crippen LogP contribution in [0.3, 0.4) is 0 Å². The molecule has 1 aromatic heterocycles. The van der Waals surface area contributed by atoms with E-state index in [2.05, 4.69) is 15.5 Å². The third-order valence-corrected chi connectivity index (χ3v) is 2.47. The van der Waals surface area contributed by atoms with Crippen molar-refractivity contribution in [3.63, 3.8) is 0 Å². The van der Waals surface area contributed by atoms with Gasteiger partial charge in [-0.1, -0.05) is 11.6 Å². The third-order valence-electron chi connectivity index (χ3n) is 2.25. The molecule has 2 aromatic rings. The largest absolute Gasteiger partial charge is 0.478 e. The lowest BCUT2D eigenvalue weighted by atomic mass is 10.2. The van der Waals surface area contributed by atoms with Crippen molar-refractivity contribution in [1.82, 2.24) is 10.2 Å². The molecule has 0 saturated carbocycles. The Morgan fingerprint density at radius 1 is 1.16 bits per heavy atom. The molecular weight excluding hydrogens is 270 g/mol. The lowest BCUT2D eigenvalue weighted by Gasteiger charge is -2.06. The number of hydrogen-bond acceptors (Lipinski definition) is 4. The summed E-state index contributed by atoms with van der Waals surface area (Å²) < 4.78 is 0. The summed E-state index contributed by atoms with van der Waals surface area (Å²) in [5, 5.41) is 18.8. The maximum Gasteiger partial charge on any atom is 0.335 e. The maximum atomic E-state index is 11.8. The average molecular weight is 278 g/mol. The predicted octanol–water partition coefficient (Wildman–Crippen LogP) is 2.08. The Morgan fingerprint density at radius 2 is 1.95 bits per heavy atom. The fraction of sp³-hybridized carbons (Fsp3) is 0. The van der Waals surface area contributed by atoms with Crippen LogP contribution in [0, 0.1) is 0 Å². The number of halogens is 1. The molecule has 0 bridgehead atoms. The summed E-state index contributed by atoms with van der Waals surface area (Å²) in [6, 6.07) is 5.57. The first-order valence-electron chi connectivity index (χ1n) is 5.18. The minimum atomic E-state index is -1.12. The molecule has 19 heavy (non-hydrogen) atoms. The number of anilines is 1. The molecule has 6 nitrogen and oxygen atoms in total. The van der Waals surface area contributed by atoms with Crippen LogP contribution in [-0.2, 0) is 0 Å². The van der Waals surface area contributed by atoms with Crippen LogP contribution in [0.2, 0.25) is 5.02 Å². The molecule has 1 amide bonds. The number of benzene rings is 1. The van der Waals surface area contributed by atoms with Crippen LogP contribution in [0.4, 0.5) is 5.69 Å². The molecule has 0 saturated heterocycles. The second-order valence-corrected chi connectivity index (χ2v) is 4.06. The van der Waals surface area contributed by atoms with Crippen molar-refractivity contribution in [2.75, 3.05) is 5.32 Å². The summed E-state index contributed by atoms with van der Waals surface area (Å²) in [5.41, 5.74) is 0.606. The van der Waals surface area contributed by atoms with Gasteiger partial charge < -0.3 is 10.4 Å². The molecule has 0 aliphatic rings. The zero-order valence-corrected chi connectivity index (χ0v) is 10.3. The summed E-state index contributed by atoms with van der Waals surface area (Å²) >= 11 is 5.79. The van der Waals surface area contributed by atoms with Crippen molar-refractivity contribution < 1.29 is 14.7 Å². The number of aromatic carboxylic acids is 1. The van der Waals surface area contributed by atoms with Gasteiger partial charge in [0.2, 0.25) is 0 Å². The van der Waals surface area contributed by atoms with E-state index in [1.54, 1.807) is 0 Å². The smallest absolute Gasteiger partial charge is 0.335 e. The van der Waals surface area contributed by atoms with E-state index in [-0.39, 0.29) is 10.6 Å². The van der Waals surface area contributed by atoms with Gasteiger partial charge in [0.25, 0.3) is 5.91 Å². The van der Waals surface area contributed by atoms with Gasteiger partial charge in [-0.05, 0) is 24.3 Å². The summed E-state index contributed by atoms with van der Waals surface area (Å²) in [4.78, 5) is 22.7. The standard InChI is InChI=1S/C12H8ClN3O3/c13-9-3-8(12(18)19)4-10(5-9)16-11(17)7-1-2-14-15-6-7/h1-6H,(H,16,17)(H,18,19). The molecule has 96 valence electrons. The number of rotatable bonds is 3. The van der Waals surface area contributed by atoms with E-state index in [0.29, 0.717) is 11.3 Å². The Kier molecular flexibility index (Phi) is 3.72. The number of carbonyl (C=O) groups is 2. The quantitative estimate of drug-likeness (QED) is 0.896. The van der Waals surface area contributed by atoms with E-state index in [1.807, 2.05) is 0 Å². The van der Waals surface area contributed by atoms with Gasteiger partial charge in [0.05, 0.1) is 23.5 Å². The number of amides is 1. The molecule has 0 aliphatic heterocycles. The highest BCUT2D eigenvalue weighted by Crippen LogP contribution is 2.19. The summed E-state index contributed by atoms with van der Waals surface area (Å²) in [5.74, 6) is -1.54. The number of carboxylic acids is 1. The summed E-state index contributed by atoms with van der Waals surface area (Å²) in [6.07, 6.45) is 2.69. The summed E-state index contributed by atoms with van der Waals surface area (Å²) in [7, 11) is 0. The van der Waals surface area contributed by atoms with Crippen LogP contribution in [0.15, 0.2) is 36.7 Å². The van der Waals surface area contributed by atoms with Crippen molar-refractivity contribution >= 4 is 29.2 Å². The zero-order valence-electron chi connectivity index (χ0n) is 9.50. The van der Waals surface area contributed by atoms with Gasteiger partial charge >= 0.3 is 5.97 Å². The van der Waals surface area contributed by atoms with Gasteiger partial charge in [0.15, 0.2) is 0 Å². The van der Waals surface area contributed by atoms with Crippen molar-refractivity contribution in [1.29, 1.82) is 0 Å². The first-order valence-corrected chi connectivity index (χ1v) is 5.56. The van der Waals surface area contributed by atoms with Gasteiger partial charge in [-0.25, -0.2) is 4.79 Å². The van der Waals surface area contributed by atoms with E-state index in [9.17, 15) is 9.59 Å². The Labute approximate surface area is 113 Å². The van der Waals surface area contributed by atoms with Crippen molar-refractivity contribution in [2.45, 2.75) is 0 Å². The molecule has 2 N–H and O–H groups in total. The second kappa shape index (κ2) is 5.45. The van der Waals surface area contributed by atoms with E-state index in [4.69, 9.17) is 16.7 Å². The number of carboxylic acid groups (broad SMARTS) is 1. The van der Waals surface area contributed by atoms with Crippen LogP contribution < -0.4 is 5.32 Å². The molecule has 0 atom stereocenters. The Morgan fingerprint density at radius 3 is 2.58 bits per heavy atom. The third kappa shape index (κ3) is 3.26. The van der Waals surface area contributed by atoms with E-state index in [1.165, 1.54) is 36.7 Å². The molecule has 2 rings (SSSR count). The normalized spacial score (nSPS) is 9.95. The van der Waals surface area contributed by atoms with Gasteiger partial charge in [-0.15, -0.1) is 0 Å². The maximum absolute atomic E-state index is 11.8. The average Bonchev–Trinajstić information content (AvgIpc) is 2.39. The van der Waals surface area contributed by atoms with Crippen LogP contribution in [0.25, 0.3) is 0 Å². The Bertz CT molecular complexity index is 631. The molecular formula is C12H8ClN3O3. The van der Waals surface area contributed by atoms with Crippen LogP contribution in [0.5, 0.6) is 0 Å². The van der Waals surface area contributed by atoms with Crippen LogP contribution in [0.1, 0.15) is 20.7 Å². The van der Waals surface area contributed by atoms with Gasteiger partial charge in [-0.2, -0.15) is 10.2 Å². The van der Waals surface area contributed by atoms with E-state index >= 15 is 0 Å². The topological polar surface area (TPSA) is 92.2 Å². The number of hydrogen-bond donors (Lipinski definition) is 2. The molecule has 0 radical (unpaired) electrons. The number of nitrogens with one attached hydrogen (secondary N) is 1. The van der Waals surface area contributed by atoms with Crippen molar-refractivity contribution in [3.8, 4) is 0 Å². The van der Waals surface area contributed by atoms with Crippen molar-refractivity contribution in [2.24, 2.45) is 0 Å². The summed E-state index contributed by atoms with van der Waals surface area (Å²) in [6.45, 7) is 0. The van der Waals surface area contributed by atoms with Gasteiger partial charge in [0, 0.05) is 10.7 Å².